The van der Waals surface area contributed by atoms with E-state index in [9.17, 15) is 24.5 Å². The van der Waals surface area contributed by atoms with Crippen LogP contribution in [0.1, 0.15) is 41.6 Å². The van der Waals surface area contributed by atoms with Gasteiger partial charge in [-0.2, -0.15) is 5.01 Å². The van der Waals surface area contributed by atoms with Gasteiger partial charge in [0.25, 0.3) is 23.4 Å². The number of nitro groups is 1. The molecular formula is C22H20ClN3O5. The lowest BCUT2D eigenvalue weighted by Crippen LogP contribution is -2.49. The Morgan fingerprint density at radius 2 is 1.71 bits per heavy atom. The van der Waals surface area contributed by atoms with E-state index in [1.165, 1.54) is 18.2 Å². The third-order valence-corrected chi connectivity index (χ3v) is 6.24. The van der Waals surface area contributed by atoms with E-state index in [4.69, 9.17) is 11.6 Å². The van der Waals surface area contributed by atoms with E-state index in [0.717, 1.165) is 28.9 Å². The van der Waals surface area contributed by atoms with Crippen LogP contribution in [0.5, 0.6) is 0 Å². The lowest BCUT2D eigenvalue weighted by Gasteiger charge is -2.31. The van der Waals surface area contributed by atoms with Crippen molar-refractivity contribution in [2.75, 3.05) is 0 Å². The zero-order chi connectivity index (χ0) is 22.1. The number of amides is 3. The summed E-state index contributed by atoms with van der Waals surface area (Å²) in [5.74, 6) is -2.36. The number of nitrogens with zero attached hydrogens (tertiary/aromatic N) is 3. The van der Waals surface area contributed by atoms with Crippen molar-refractivity contribution in [1.29, 1.82) is 0 Å². The summed E-state index contributed by atoms with van der Waals surface area (Å²) in [4.78, 5) is 50.3. The predicted octanol–water partition coefficient (Wildman–Crippen LogP) is 3.98. The first-order valence-electron chi connectivity index (χ1n) is 10.1. The number of fused-ring (bicyclic) bond motifs is 1. The maximum absolute atomic E-state index is 13.4. The molecule has 2 atom stereocenters. The molecule has 0 bridgehead atoms. The fourth-order valence-corrected chi connectivity index (χ4v) is 4.50. The molecule has 2 aromatic rings. The molecule has 8 nitrogen and oxygen atoms in total. The van der Waals surface area contributed by atoms with Crippen molar-refractivity contribution in [2.24, 2.45) is 11.8 Å². The normalized spacial score (nSPS) is 20.5. The number of imide groups is 1. The molecule has 3 amide bonds. The summed E-state index contributed by atoms with van der Waals surface area (Å²) in [6.07, 6.45) is 2.93. The van der Waals surface area contributed by atoms with Crippen LogP contribution in [0.2, 0.25) is 5.02 Å². The molecule has 1 aliphatic heterocycles. The predicted molar refractivity (Wildman–Crippen MR) is 112 cm³/mol. The second-order valence-corrected chi connectivity index (χ2v) is 8.15. The molecular weight excluding hydrogens is 422 g/mol. The number of carbonyl (C=O) groups excluding carboxylic acids is 3. The second kappa shape index (κ2) is 8.47. The van der Waals surface area contributed by atoms with Crippen LogP contribution in [0, 0.1) is 22.0 Å². The van der Waals surface area contributed by atoms with Crippen molar-refractivity contribution in [3.05, 3.63) is 74.8 Å². The smallest absolute Gasteiger partial charge is 0.272 e. The third-order valence-electron chi connectivity index (χ3n) is 5.88. The summed E-state index contributed by atoms with van der Waals surface area (Å²) >= 11 is 6.27. The molecule has 0 aromatic heterocycles. The van der Waals surface area contributed by atoms with Crippen molar-refractivity contribution in [3.63, 3.8) is 0 Å². The summed E-state index contributed by atoms with van der Waals surface area (Å²) in [6, 6.07) is 12.1. The third kappa shape index (κ3) is 3.90. The number of rotatable bonds is 5. The van der Waals surface area contributed by atoms with Crippen LogP contribution in [-0.2, 0) is 16.1 Å². The summed E-state index contributed by atoms with van der Waals surface area (Å²) in [7, 11) is 0. The highest BCUT2D eigenvalue weighted by Gasteiger charge is 2.51. The van der Waals surface area contributed by atoms with Crippen LogP contribution < -0.4 is 0 Å². The van der Waals surface area contributed by atoms with Gasteiger partial charge >= 0.3 is 0 Å². The van der Waals surface area contributed by atoms with Crippen molar-refractivity contribution < 1.29 is 19.3 Å². The molecule has 1 saturated heterocycles. The largest absolute Gasteiger partial charge is 0.273 e. The molecule has 1 aliphatic carbocycles. The van der Waals surface area contributed by atoms with Gasteiger partial charge in [-0.25, -0.2) is 5.01 Å². The van der Waals surface area contributed by atoms with Gasteiger partial charge in [0.05, 0.1) is 23.3 Å². The first-order valence-corrected chi connectivity index (χ1v) is 10.4. The molecule has 0 unspecified atom stereocenters. The van der Waals surface area contributed by atoms with Gasteiger partial charge in [0.15, 0.2) is 0 Å². The average Bonchev–Trinajstić information content (AvgIpc) is 3.03. The first-order chi connectivity index (χ1) is 14.9. The monoisotopic (exact) mass is 441 g/mol. The van der Waals surface area contributed by atoms with Crippen molar-refractivity contribution >= 4 is 35.0 Å². The highest BCUT2D eigenvalue weighted by atomic mass is 35.5. The zero-order valence-corrected chi connectivity index (χ0v) is 17.3. The lowest BCUT2D eigenvalue weighted by molar-refractivity contribution is -0.384. The maximum Gasteiger partial charge on any atom is 0.273 e. The van der Waals surface area contributed by atoms with Crippen molar-refractivity contribution in [3.8, 4) is 0 Å². The summed E-state index contributed by atoms with van der Waals surface area (Å²) < 4.78 is 0. The van der Waals surface area contributed by atoms with Gasteiger partial charge in [-0.3, -0.25) is 24.5 Å². The lowest BCUT2D eigenvalue weighted by atomic mass is 9.81. The van der Waals surface area contributed by atoms with E-state index in [1.807, 2.05) is 0 Å². The van der Waals surface area contributed by atoms with Crippen LogP contribution >= 0.6 is 11.6 Å². The zero-order valence-electron chi connectivity index (χ0n) is 16.6. The number of nitro benzene ring substituents is 1. The SMILES string of the molecule is O=C(c1cccc([N+](=O)[O-])c1)N(Cc1ccccc1Cl)N1C(=O)[C@@H]2CCCC[C@H]2C1=O. The number of hydrogen-bond donors (Lipinski definition) is 0. The second-order valence-electron chi connectivity index (χ2n) is 7.75. The van der Waals surface area contributed by atoms with Crippen LogP contribution in [0.25, 0.3) is 0 Å². The van der Waals surface area contributed by atoms with Gasteiger partial charge in [-0.1, -0.05) is 48.7 Å². The van der Waals surface area contributed by atoms with Gasteiger partial charge in [0.2, 0.25) is 0 Å². The molecule has 31 heavy (non-hydrogen) atoms. The van der Waals surface area contributed by atoms with Gasteiger partial charge in [0.1, 0.15) is 0 Å². The Hall–Kier alpha value is -3.26. The molecule has 2 aromatic carbocycles. The molecule has 1 saturated carbocycles. The van der Waals surface area contributed by atoms with Crippen LogP contribution in [0.3, 0.4) is 0 Å². The van der Waals surface area contributed by atoms with Crippen LogP contribution in [0.15, 0.2) is 48.5 Å². The standard InChI is InChI=1S/C22H20ClN3O5/c23-19-11-4-1-6-15(19)13-24(20(27)14-7-5-8-16(12-14)26(30)31)25-21(28)17-9-2-3-10-18(17)22(25)29/h1,4-8,11-12,17-18H,2-3,9-10,13H2/t17-,18-/m1/s1. The van der Waals surface area contributed by atoms with E-state index in [2.05, 4.69) is 0 Å². The fourth-order valence-electron chi connectivity index (χ4n) is 4.31. The molecule has 4 rings (SSSR count). The Bertz CT molecular complexity index is 1050. The summed E-state index contributed by atoms with van der Waals surface area (Å²) in [5, 5.41) is 13.6. The number of hydrazine groups is 1. The number of halogens is 1. The highest BCUT2D eigenvalue weighted by molar-refractivity contribution is 6.31. The quantitative estimate of drug-likeness (QED) is 0.397. The summed E-state index contributed by atoms with van der Waals surface area (Å²) in [6.45, 7) is -0.113. The molecule has 0 N–H and O–H groups in total. The minimum atomic E-state index is -0.677. The Balaban J connectivity index is 1.75. The number of hydrogen-bond acceptors (Lipinski definition) is 5. The molecule has 0 radical (unpaired) electrons. The van der Waals surface area contributed by atoms with E-state index in [-0.39, 0.29) is 17.8 Å². The molecule has 160 valence electrons. The van der Waals surface area contributed by atoms with Crippen molar-refractivity contribution in [1.82, 2.24) is 10.0 Å². The van der Waals surface area contributed by atoms with Gasteiger partial charge in [-0.15, -0.1) is 0 Å². The van der Waals surface area contributed by atoms with E-state index < -0.39 is 34.5 Å². The van der Waals surface area contributed by atoms with E-state index >= 15 is 0 Å². The number of benzene rings is 2. The van der Waals surface area contributed by atoms with Gasteiger partial charge < -0.3 is 0 Å². The van der Waals surface area contributed by atoms with E-state index in [1.54, 1.807) is 24.3 Å². The van der Waals surface area contributed by atoms with Gasteiger partial charge in [0, 0.05) is 22.7 Å². The molecule has 1 heterocycles. The Kier molecular flexibility index (Phi) is 5.73. The van der Waals surface area contributed by atoms with Crippen LogP contribution in [-0.4, -0.2) is 32.7 Å². The van der Waals surface area contributed by atoms with Gasteiger partial charge in [-0.05, 0) is 30.5 Å². The highest BCUT2D eigenvalue weighted by Crippen LogP contribution is 2.39. The maximum atomic E-state index is 13.4. The number of carbonyl (C=O) groups is 3. The number of non-ortho nitro benzene ring substituents is 1. The average molecular weight is 442 g/mol. The first kappa shape index (κ1) is 21.0. The molecule has 9 heteroatoms. The fraction of sp³-hybridized carbons (Fsp3) is 0.318. The van der Waals surface area contributed by atoms with Crippen molar-refractivity contribution in [2.45, 2.75) is 32.2 Å². The van der Waals surface area contributed by atoms with Crippen LogP contribution in [0.4, 0.5) is 5.69 Å². The Labute approximate surface area is 183 Å². The van der Waals surface area contributed by atoms with E-state index in [0.29, 0.717) is 23.4 Å². The topological polar surface area (TPSA) is 101 Å². The molecule has 2 aliphatic rings. The Morgan fingerprint density at radius 1 is 1.06 bits per heavy atom. The minimum Gasteiger partial charge on any atom is -0.272 e. The molecule has 0 spiro atoms. The molecule has 2 fully saturated rings. The summed E-state index contributed by atoms with van der Waals surface area (Å²) in [5.41, 5.74) is 0.312. The minimum absolute atomic E-state index is 0.0109. The Morgan fingerprint density at radius 3 is 2.32 bits per heavy atom.